The Balaban J connectivity index is 3.10. The van der Waals surface area contributed by atoms with Gasteiger partial charge in [0.15, 0.2) is 0 Å². The summed E-state index contributed by atoms with van der Waals surface area (Å²) in [7, 11) is 0. The number of hydrogen-bond donors (Lipinski definition) is 2. The number of rotatable bonds is 1. The molecule has 1 aromatic heterocycles. The van der Waals surface area contributed by atoms with Gasteiger partial charge in [-0.25, -0.2) is 9.97 Å². The summed E-state index contributed by atoms with van der Waals surface area (Å²) >= 11 is 0. The molecule has 0 bridgehead atoms. The Morgan fingerprint density at radius 1 is 1.46 bits per heavy atom. The van der Waals surface area contributed by atoms with Crippen LogP contribution >= 0.6 is 0 Å². The molecule has 3 N–H and O–H groups in total. The van der Waals surface area contributed by atoms with Gasteiger partial charge in [-0.15, -0.1) is 0 Å². The third-order valence-electron chi connectivity index (χ3n) is 1.32. The Kier molecular flexibility index (Phi) is 2.37. The van der Waals surface area contributed by atoms with E-state index < -0.39 is 18.6 Å². The van der Waals surface area contributed by atoms with Crippen LogP contribution in [0.15, 0.2) is 6.20 Å². The second-order valence-corrected chi connectivity index (χ2v) is 2.26. The number of aliphatic hydroxyl groups excluding tert-OH is 1. The number of anilines is 1. The summed E-state index contributed by atoms with van der Waals surface area (Å²) in [6.45, 7) is -0.482. The summed E-state index contributed by atoms with van der Waals surface area (Å²) in [4.78, 5) is 6.00. The highest BCUT2D eigenvalue weighted by Gasteiger charge is 2.34. The van der Waals surface area contributed by atoms with Gasteiger partial charge < -0.3 is 10.8 Å². The Hall–Kier alpha value is -1.37. The number of alkyl halides is 3. The second-order valence-electron chi connectivity index (χ2n) is 2.26. The lowest BCUT2D eigenvalue weighted by Gasteiger charge is -2.06. The summed E-state index contributed by atoms with van der Waals surface area (Å²) < 4.78 is 35.9. The van der Waals surface area contributed by atoms with Crippen LogP contribution in [0.1, 0.15) is 11.4 Å². The van der Waals surface area contributed by atoms with E-state index in [1.807, 2.05) is 0 Å². The number of nitrogens with zero attached hydrogens (tertiary/aromatic N) is 2. The highest BCUT2D eigenvalue weighted by molar-refractivity contribution is 5.37. The predicted molar refractivity (Wildman–Crippen MR) is 37.4 cm³/mol. The molecule has 0 amide bonds. The maximum Gasteiger partial charge on any atom is 0.451 e. The van der Waals surface area contributed by atoms with Gasteiger partial charge in [0.25, 0.3) is 0 Å². The maximum atomic E-state index is 12.0. The van der Waals surface area contributed by atoms with Crippen LogP contribution in [-0.2, 0) is 12.8 Å². The molecule has 1 rings (SSSR count). The van der Waals surface area contributed by atoms with E-state index in [4.69, 9.17) is 10.8 Å². The van der Waals surface area contributed by atoms with Crippen LogP contribution < -0.4 is 5.73 Å². The lowest BCUT2D eigenvalue weighted by Crippen LogP contribution is -2.13. The minimum atomic E-state index is -4.61. The number of nitrogen functional groups attached to an aromatic ring is 1. The summed E-state index contributed by atoms with van der Waals surface area (Å²) in [5, 5.41) is 8.57. The molecule has 0 saturated heterocycles. The molecule has 1 aromatic rings. The number of hydrogen-bond acceptors (Lipinski definition) is 4. The van der Waals surface area contributed by atoms with Crippen molar-refractivity contribution in [2.45, 2.75) is 12.8 Å². The lowest BCUT2D eigenvalue weighted by molar-refractivity contribution is -0.144. The van der Waals surface area contributed by atoms with E-state index in [2.05, 4.69) is 9.97 Å². The first-order valence-electron chi connectivity index (χ1n) is 3.24. The SMILES string of the molecule is Nc1nc(C(F)(F)F)ncc1CO. The van der Waals surface area contributed by atoms with E-state index in [0.29, 0.717) is 0 Å². The number of halogens is 3. The molecule has 0 fully saturated rings. The smallest absolute Gasteiger partial charge is 0.391 e. The average Bonchev–Trinajstić information content (AvgIpc) is 2.02. The molecule has 0 saturated carbocycles. The molecule has 0 spiro atoms. The van der Waals surface area contributed by atoms with E-state index in [9.17, 15) is 13.2 Å². The van der Waals surface area contributed by atoms with Crippen LogP contribution in [0.25, 0.3) is 0 Å². The zero-order chi connectivity index (χ0) is 10.1. The van der Waals surface area contributed by atoms with Gasteiger partial charge in [0, 0.05) is 11.8 Å². The first-order chi connectivity index (χ1) is 5.95. The Labute approximate surface area is 71.2 Å². The fraction of sp³-hybridized carbons (Fsp3) is 0.333. The van der Waals surface area contributed by atoms with E-state index in [1.165, 1.54) is 0 Å². The minimum absolute atomic E-state index is 0.0769. The van der Waals surface area contributed by atoms with Crippen molar-refractivity contribution in [3.05, 3.63) is 17.6 Å². The minimum Gasteiger partial charge on any atom is -0.391 e. The highest BCUT2D eigenvalue weighted by Crippen LogP contribution is 2.26. The van der Waals surface area contributed by atoms with E-state index in [0.717, 1.165) is 6.20 Å². The van der Waals surface area contributed by atoms with E-state index >= 15 is 0 Å². The van der Waals surface area contributed by atoms with Crippen molar-refractivity contribution in [3.63, 3.8) is 0 Å². The van der Waals surface area contributed by atoms with Crippen LogP contribution in [-0.4, -0.2) is 15.1 Å². The Morgan fingerprint density at radius 2 is 2.08 bits per heavy atom. The molecule has 0 aliphatic rings. The van der Waals surface area contributed by atoms with Gasteiger partial charge >= 0.3 is 6.18 Å². The lowest BCUT2D eigenvalue weighted by atomic mass is 10.3. The fourth-order valence-corrected chi connectivity index (χ4v) is 0.678. The molecule has 1 heterocycles. The number of nitrogens with two attached hydrogens (primary N) is 1. The van der Waals surface area contributed by atoms with Crippen LogP contribution in [0.2, 0.25) is 0 Å². The molecule has 13 heavy (non-hydrogen) atoms. The van der Waals surface area contributed by atoms with Crippen LogP contribution in [0.5, 0.6) is 0 Å². The Bertz CT molecular complexity index is 312. The first-order valence-corrected chi connectivity index (χ1v) is 3.24. The predicted octanol–water partition coefficient (Wildman–Crippen LogP) is 0.570. The molecule has 0 aliphatic heterocycles. The number of aliphatic hydroxyl groups is 1. The Morgan fingerprint density at radius 3 is 2.46 bits per heavy atom. The van der Waals surface area contributed by atoms with Crippen molar-refractivity contribution in [2.24, 2.45) is 0 Å². The molecule has 0 atom stereocenters. The third kappa shape index (κ3) is 2.05. The van der Waals surface area contributed by atoms with Gasteiger partial charge in [-0.2, -0.15) is 13.2 Å². The van der Waals surface area contributed by atoms with Gasteiger partial charge in [-0.1, -0.05) is 0 Å². The van der Waals surface area contributed by atoms with Crippen molar-refractivity contribution in [2.75, 3.05) is 5.73 Å². The van der Waals surface area contributed by atoms with Crippen molar-refractivity contribution >= 4 is 5.82 Å². The van der Waals surface area contributed by atoms with Gasteiger partial charge in [-0.05, 0) is 0 Å². The molecule has 7 heteroatoms. The highest BCUT2D eigenvalue weighted by atomic mass is 19.4. The van der Waals surface area contributed by atoms with Crippen molar-refractivity contribution in [1.82, 2.24) is 9.97 Å². The molecule has 0 radical (unpaired) electrons. The van der Waals surface area contributed by atoms with Crippen LogP contribution in [0, 0.1) is 0 Å². The molecule has 0 aromatic carbocycles. The maximum absolute atomic E-state index is 12.0. The molecular formula is C6H6F3N3O. The van der Waals surface area contributed by atoms with E-state index in [1.54, 1.807) is 0 Å². The zero-order valence-corrected chi connectivity index (χ0v) is 6.34. The summed E-state index contributed by atoms with van der Waals surface area (Å²) in [6, 6.07) is 0. The van der Waals surface area contributed by atoms with Gasteiger partial charge in [0.2, 0.25) is 5.82 Å². The quantitative estimate of drug-likeness (QED) is 0.683. The third-order valence-corrected chi connectivity index (χ3v) is 1.32. The van der Waals surface area contributed by atoms with Crippen molar-refractivity contribution < 1.29 is 18.3 Å². The average molecular weight is 193 g/mol. The normalized spacial score (nSPS) is 11.7. The van der Waals surface area contributed by atoms with Crippen LogP contribution in [0.3, 0.4) is 0 Å². The van der Waals surface area contributed by atoms with E-state index in [-0.39, 0.29) is 11.4 Å². The molecule has 0 aliphatic carbocycles. The molecule has 0 unspecified atom stereocenters. The molecule has 4 nitrogen and oxygen atoms in total. The standard InChI is InChI=1S/C6H6F3N3O/c7-6(8,9)5-11-1-3(2-13)4(10)12-5/h1,13H,2H2,(H2,10,11,12). The van der Waals surface area contributed by atoms with Crippen molar-refractivity contribution in [1.29, 1.82) is 0 Å². The second kappa shape index (κ2) is 3.17. The van der Waals surface area contributed by atoms with Gasteiger partial charge in [-0.3, -0.25) is 0 Å². The molecular weight excluding hydrogens is 187 g/mol. The summed E-state index contributed by atoms with van der Waals surface area (Å²) in [6.07, 6.45) is -3.76. The van der Waals surface area contributed by atoms with Gasteiger partial charge in [0.05, 0.1) is 6.61 Å². The summed E-state index contributed by atoms with van der Waals surface area (Å²) in [5.41, 5.74) is 5.19. The fourth-order valence-electron chi connectivity index (χ4n) is 0.678. The molecule has 72 valence electrons. The van der Waals surface area contributed by atoms with Gasteiger partial charge in [0.1, 0.15) is 5.82 Å². The largest absolute Gasteiger partial charge is 0.451 e. The van der Waals surface area contributed by atoms with Crippen molar-refractivity contribution in [3.8, 4) is 0 Å². The zero-order valence-electron chi connectivity index (χ0n) is 6.34. The number of aromatic nitrogens is 2. The monoisotopic (exact) mass is 193 g/mol. The first kappa shape index (κ1) is 9.72. The topological polar surface area (TPSA) is 72.0 Å². The summed E-state index contributed by atoms with van der Waals surface area (Å²) in [5.74, 6) is -1.66. The van der Waals surface area contributed by atoms with Crippen LogP contribution in [0.4, 0.5) is 19.0 Å².